The summed E-state index contributed by atoms with van der Waals surface area (Å²) in [7, 11) is 0. The number of esters is 1. The predicted molar refractivity (Wildman–Crippen MR) is 97.3 cm³/mol. The monoisotopic (exact) mass is 415 g/mol. The molecule has 0 aliphatic heterocycles. The molecule has 0 aliphatic rings. The number of halogens is 4. The molecule has 2 rings (SSSR count). The highest BCUT2D eigenvalue weighted by Crippen LogP contribution is 2.38. The van der Waals surface area contributed by atoms with Crippen LogP contribution in [-0.2, 0) is 20.5 Å². The van der Waals surface area contributed by atoms with Crippen molar-refractivity contribution in [2.45, 2.75) is 19.5 Å². The minimum atomic E-state index is -4.70. The first-order valence-electron chi connectivity index (χ1n) is 8.18. The molecule has 1 amide bonds. The molecule has 0 aliphatic carbocycles. The van der Waals surface area contributed by atoms with Gasteiger partial charge in [0.2, 0.25) is 0 Å². The molecule has 5 nitrogen and oxygen atoms in total. The lowest BCUT2D eigenvalue weighted by molar-refractivity contribution is -0.147. The van der Waals surface area contributed by atoms with Crippen molar-refractivity contribution in [2.75, 3.05) is 18.5 Å². The van der Waals surface area contributed by atoms with Crippen LogP contribution in [0.25, 0.3) is 0 Å². The Morgan fingerprint density at radius 1 is 1.11 bits per heavy atom. The molecule has 0 bridgehead atoms. The number of para-hydroxylation sites is 2. The van der Waals surface area contributed by atoms with Gasteiger partial charge in [-0.1, -0.05) is 35.9 Å². The standard InChI is InChI=1S/C19H17ClF3NO4/c1-12-5-2-3-8-15(12)27-10-9-17(26)28-11-16(25)24-18-13(19(21,22)23)6-4-7-14(18)20/h2-8H,9-11H2,1H3,(H,24,25). The Morgan fingerprint density at radius 3 is 2.50 bits per heavy atom. The van der Waals surface area contributed by atoms with Gasteiger partial charge < -0.3 is 14.8 Å². The van der Waals surface area contributed by atoms with E-state index in [1.54, 1.807) is 12.1 Å². The molecule has 2 aromatic rings. The highest BCUT2D eigenvalue weighted by atomic mass is 35.5. The van der Waals surface area contributed by atoms with Gasteiger partial charge in [0.1, 0.15) is 5.75 Å². The molecule has 0 saturated heterocycles. The van der Waals surface area contributed by atoms with E-state index in [0.29, 0.717) is 5.75 Å². The van der Waals surface area contributed by atoms with Gasteiger partial charge in [-0.05, 0) is 30.7 Å². The zero-order valence-electron chi connectivity index (χ0n) is 14.8. The number of alkyl halides is 3. The summed E-state index contributed by atoms with van der Waals surface area (Å²) in [6.07, 6.45) is -4.82. The van der Waals surface area contributed by atoms with Crippen LogP contribution in [-0.4, -0.2) is 25.1 Å². The maximum Gasteiger partial charge on any atom is 0.418 e. The first kappa shape index (κ1) is 21.6. The minimum Gasteiger partial charge on any atom is -0.493 e. The summed E-state index contributed by atoms with van der Waals surface area (Å²) in [6, 6.07) is 10.3. The van der Waals surface area contributed by atoms with E-state index < -0.39 is 35.9 Å². The van der Waals surface area contributed by atoms with Gasteiger partial charge in [0.15, 0.2) is 6.61 Å². The summed E-state index contributed by atoms with van der Waals surface area (Å²) in [4.78, 5) is 23.5. The number of carbonyl (C=O) groups excluding carboxylic acids is 2. The van der Waals surface area contributed by atoms with E-state index in [1.165, 1.54) is 6.07 Å². The normalized spacial score (nSPS) is 11.0. The van der Waals surface area contributed by atoms with Crippen molar-refractivity contribution in [3.05, 3.63) is 58.6 Å². The van der Waals surface area contributed by atoms with Crippen LogP contribution in [0.15, 0.2) is 42.5 Å². The number of rotatable bonds is 7. The zero-order chi connectivity index (χ0) is 20.7. The van der Waals surface area contributed by atoms with Crippen molar-refractivity contribution in [1.82, 2.24) is 0 Å². The molecule has 0 radical (unpaired) electrons. The second kappa shape index (κ2) is 9.45. The van der Waals surface area contributed by atoms with Gasteiger partial charge in [-0.25, -0.2) is 0 Å². The van der Waals surface area contributed by atoms with Gasteiger partial charge in [-0.3, -0.25) is 9.59 Å². The maximum atomic E-state index is 13.0. The molecular formula is C19H17ClF3NO4. The number of carbonyl (C=O) groups is 2. The topological polar surface area (TPSA) is 64.6 Å². The van der Waals surface area contributed by atoms with E-state index in [1.807, 2.05) is 24.4 Å². The van der Waals surface area contributed by atoms with Crippen molar-refractivity contribution >= 4 is 29.2 Å². The molecular weight excluding hydrogens is 399 g/mol. The first-order valence-corrected chi connectivity index (χ1v) is 8.56. The lowest BCUT2D eigenvalue weighted by Gasteiger charge is -2.15. The number of hydrogen-bond donors (Lipinski definition) is 1. The largest absolute Gasteiger partial charge is 0.493 e. The molecule has 9 heteroatoms. The van der Waals surface area contributed by atoms with Crippen LogP contribution in [0.2, 0.25) is 5.02 Å². The highest BCUT2D eigenvalue weighted by molar-refractivity contribution is 6.34. The molecule has 28 heavy (non-hydrogen) atoms. The summed E-state index contributed by atoms with van der Waals surface area (Å²) in [5, 5.41) is 1.75. The average Bonchev–Trinajstić information content (AvgIpc) is 2.62. The highest BCUT2D eigenvalue weighted by Gasteiger charge is 2.34. The number of amides is 1. The molecule has 1 N–H and O–H groups in total. The van der Waals surface area contributed by atoms with E-state index in [0.717, 1.165) is 17.7 Å². The van der Waals surface area contributed by atoms with Crippen LogP contribution in [0.1, 0.15) is 17.5 Å². The van der Waals surface area contributed by atoms with E-state index in [2.05, 4.69) is 0 Å². The van der Waals surface area contributed by atoms with Gasteiger partial charge in [0.05, 0.1) is 29.3 Å². The molecule has 0 saturated carbocycles. The first-order chi connectivity index (χ1) is 13.2. The number of anilines is 1. The van der Waals surface area contributed by atoms with Crippen LogP contribution in [0.4, 0.5) is 18.9 Å². The van der Waals surface area contributed by atoms with Gasteiger partial charge in [-0.2, -0.15) is 13.2 Å². The fourth-order valence-corrected chi connectivity index (χ4v) is 2.47. The van der Waals surface area contributed by atoms with Crippen LogP contribution >= 0.6 is 11.6 Å². The minimum absolute atomic E-state index is 0.0358. The van der Waals surface area contributed by atoms with Crippen LogP contribution < -0.4 is 10.1 Å². The quantitative estimate of drug-likeness (QED) is 0.670. The Morgan fingerprint density at radius 2 is 1.82 bits per heavy atom. The van der Waals surface area contributed by atoms with Crippen molar-refractivity contribution in [2.24, 2.45) is 0 Å². The predicted octanol–water partition coefficient (Wildman–Crippen LogP) is 4.62. The number of aryl methyl sites for hydroxylation is 1. The molecule has 0 fully saturated rings. The van der Waals surface area contributed by atoms with E-state index >= 15 is 0 Å². The molecule has 0 unspecified atom stereocenters. The van der Waals surface area contributed by atoms with Crippen molar-refractivity contribution in [1.29, 1.82) is 0 Å². The van der Waals surface area contributed by atoms with Crippen LogP contribution in [0, 0.1) is 6.92 Å². The summed E-state index contributed by atoms with van der Waals surface area (Å²) in [5.41, 5.74) is -0.776. The van der Waals surface area contributed by atoms with E-state index in [4.69, 9.17) is 21.1 Å². The smallest absolute Gasteiger partial charge is 0.418 e. The Labute approximate surface area is 164 Å². The summed E-state index contributed by atoms with van der Waals surface area (Å²) in [6.45, 7) is 1.14. The van der Waals surface area contributed by atoms with Crippen LogP contribution in [0.5, 0.6) is 5.75 Å². The Balaban J connectivity index is 1.83. The number of hydrogen-bond acceptors (Lipinski definition) is 4. The van der Waals surface area contributed by atoms with Gasteiger partial charge in [0, 0.05) is 0 Å². The van der Waals surface area contributed by atoms with Gasteiger partial charge >= 0.3 is 12.1 Å². The molecule has 150 valence electrons. The lowest BCUT2D eigenvalue weighted by Crippen LogP contribution is -2.23. The molecule has 2 aromatic carbocycles. The summed E-state index contributed by atoms with van der Waals surface area (Å²) < 4.78 is 49.2. The third-order valence-corrected chi connectivity index (χ3v) is 3.92. The second-order valence-electron chi connectivity index (χ2n) is 5.73. The Kier molecular flexibility index (Phi) is 7.28. The molecule has 0 aromatic heterocycles. The molecule has 0 spiro atoms. The SMILES string of the molecule is Cc1ccccc1OCCC(=O)OCC(=O)Nc1c(Cl)cccc1C(F)(F)F. The average molecular weight is 416 g/mol. The summed E-state index contributed by atoms with van der Waals surface area (Å²) in [5.74, 6) is -1.04. The Bertz CT molecular complexity index is 855. The Hall–Kier alpha value is -2.74. The zero-order valence-corrected chi connectivity index (χ0v) is 15.6. The van der Waals surface area contributed by atoms with E-state index in [-0.39, 0.29) is 18.1 Å². The number of nitrogens with one attached hydrogen (secondary N) is 1. The van der Waals surface area contributed by atoms with Gasteiger partial charge in [-0.15, -0.1) is 0 Å². The second-order valence-corrected chi connectivity index (χ2v) is 6.14. The fourth-order valence-electron chi connectivity index (χ4n) is 2.24. The number of benzene rings is 2. The van der Waals surface area contributed by atoms with E-state index in [9.17, 15) is 22.8 Å². The van der Waals surface area contributed by atoms with Crippen molar-refractivity contribution < 1.29 is 32.2 Å². The summed E-state index contributed by atoms with van der Waals surface area (Å²) >= 11 is 5.74. The third kappa shape index (κ3) is 6.16. The van der Waals surface area contributed by atoms with Crippen molar-refractivity contribution in [3.63, 3.8) is 0 Å². The molecule has 0 heterocycles. The molecule has 0 atom stereocenters. The fraction of sp³-hybridized carbons (Fsp3) is 0.263. The third-order valence-electron chi connectivity index (χ3n) is 3.61. The maximum absolute atomic E-state index is 13.0. The lowest BCUT2D eigenvalue weighted by atomic mass is 10.1. The van der Waals surface area contributed by atoms with Crippen LogP contribution in [0.3, 0.4) is 0 Å². The number of ether oxygens (including phenoxy) is 2. The van der Waals surface area contributed by atoms with Crippen molar-refractivity contribution in [3.8, 4) is 5.75 Å². The van der Waals surface area contributed by atoms with Gasteiger partial charge in [0.25, 0.3) is 5.91 Å².